The zero-order valence-corrected chi connectivity index (χ0v) is 6.75. The Morgan fingerprint density at radius 3 is 2.82 bits per heavy atom. The number of rotatable bonds is 1. The van der Waals surface area contributed by atoms with Gasteiger partial charge in [0.2, 0.25) is 0 Å². The van der Waals surface area contributed by atoms with E-state index in [0.29, 0.717) is 0 Å². The lowest BCUT2D eigenvalue weighted by Crippen LogP contribution is -2.38. The summed E-state index contributed by atoms with van der Waals surface area (Å²) < 4.78 is 0. The Kier molecular flexibility index (Phi) is 1.53. The average molecular weight is 148 g/mol. The number of nitrogens with zero attached hydrogens (tertiary/aromatic N) is 2. The SMILES string of the molecule is Cc1cccnc1N1CCC1. The van der Waals surface area contributed by atoms with Crippen molar-refractivity contribution in [1.82, 2.24) is 4.98 Å². The van der Waals surface area contributed by atoms with Gasteiger partial charge in [0.05, 0.1) is 0 Å². The molecule has 11 heavy (non-hydrogen) atoms. The molecule has 0 bridgehead atoms. The molecule has 0 N–H and O–H groups in total. The van der Waals surface area contributed by atoms with Crippen molar-refractivity contribution in [2.75, 3.05) is 18.0 Å². The summed E-state index contributed by atoms with van der Waals surface area (Å²) in [6.45, 7) is 4.47. The molecule has 2 heteroatoms. The van der Waals surface area contributed by atoms with Gasteiger partial charge in [0.15, 0.2) is 0 Å². The number of hydrogen-bond donors (Lipinski definition) is 0. The molecule has 1 aliphatic rings. The van der Waals surface area contributed by atoms with Crippen LogP contribution in [0.1, 0.15) is 12.0 Å². The van der Waals surface area contributed by atoms with Crippen molar-refractivity contribution in [1.29, 1.82) is 0 Å². The van der Waals surface area contributed by atoms with E-state index in [1.807, 2.05) is 12.3 Å². The number of anilines is 1. The smallest absolute Gasteiger partial charge is 0.131 e. The van der Waals surface area contributed by atoms with Crippen LogP contribution in [0, 0.1) is 6.92 Å². The van der Waals surface area contributed by atoms with Crippen LogP contribution in [-0.4, -0.2) is 18.1 Å². The molecule has 58 valence electrons. The van der Waals surface area contributed by atoms with E-state index in [4.69, 9.17) is 0 Å². The van der Waals surface area contributed by atoms with Gasteiger partial charge in [-0.2, -0.15) is 0 Å². The van der Waals surface area contributed by atoms with Gasteiger partial charge in [0.25, 0.3) is 0 Å². The van der Waals surface area contributed by atoms with Gasteiger partial charge >= 0.3 is 0 Å². The van der Waals surface area contributed by atoms with Gasteiger partial charge in [-0.05, 0) is 25.0 Å². The molecule has 1 aromatic rings. The average Bonchev–Trinajstić information content (AvgIpc) is 1.90. The molecule has 0 amide bonds. The standard InChI is InChI=1S/C9H12N2/c1-8-4-2-5-10-9(8)11-6-3-7-11/h2,4-5H,3,6-7H2,1H3. The molecule has 2 nitrogen and oxygen atoms in total. The van der Waals surface area contributed by atoms with Crippen molar-refractivity contribution in [2.45, 2.75) is 13.3 Å². The van der Waals surface area contributed by atoms with Crippen LogP contribution in [0.25, 0.3) is 0 Å². The van der Waals surface area contributed by atoms with E-state index in [-0.39, 0.29) is 0 Å². The molecular formula is C9H12N2. The normalized spacial score (nSPS) is 16.3. The predicted octanol–water partition coefficient (Wildman–Crippen LogP) is 1.60. The van der Waals surface area contributed by atoms with Crippen LogP contribution < -0.4 is 4.90 Å². The molecule has 0 aromatic carbocycles. The third-order valence-electron chi connectivity index (χ3n) is 2.14. The first-order valence-electron chi connectivity index (χ1n) is 4.04. The Hall–Kier alpha value is -1.05. The summed E-state index contributed by atoms with van der Waals surface area (Å²) in [5.74, 6) is 1.17. The summed E-state index contributed by atoms with van der Waals surface area (Å²) in [4.78, 5) is 6.64. The van der Waals surface area contributed by atoms with Crippen LogP contribution >= 0.6 is 0 Å². The van der Waals surface area contributed by atoms with Gasteiger partial charge in [-0.15, -0.1) is 0 Å². The Morgan fingerprint density at radius 2 is 2.27 bits per heavy atom. The van der Waals surface area contributed by atoms with Gasteiger partial charge in [0, 0.05) is 19.3 Å². The number of pyridine rings is 1. The summed E-state index contributed by atoms with van der Waals surface area (Å²) >= 11 is 0. The van der Waals surface area contributed by atoms with Crippen molar-refractivity contribution < 1.29 is 0 Å². The van der Waals surface area contributed by atoms with Gasteiger partial charge in [-0.3, -0.25) is 0 Å². The predicted molar refractivity (Wildman–Crippen MR) is 45.8 cm³/mol. The minimum absolute atomic E-state index is 1.17. The van der Waals surface area contributed by atoms with Crippen molar-refractivity contribution in [3.05, 3.63) is 23.9 Å². The molecule has 0 atom stereocenters. The highest BCUT2D eigenvalue weighted by molar-refractivity contribution is 5.47. The van der Waals surface area contributed by atoms with Crippen LogP contribution in [0.15, 0.2) is 18.3 Å². The van der Waals surface area contributed by atoms with E-state index in [9.17, 15) is 0 Å². The van der Waals surface area contributed by atoms with E-state index >= 15 is 0 Å². The summed E-state index contributed by atoms with van der Waals surface area (Å²) in [5, 5.41) is 0. The minimum Gasteiger partial charge on any atom is -0.356 e. The molecule has 0 radical (unpaired) electrons. The molecule has 1 fully saturated rings. The van der Waals surface area contributed by atoms with E-state index in [2.05, 4.69) is 22.9 Å². The van der Waals surface area contributed by atoms with Gasteiger partial charge in [0.1, 0.15) is 5.82 Å². The molecule has 0 unspecified atom stereocenters. The van der Waals surface area contributed by atoms with Crippen LogP contribution in [0.4, 0.5) is 5.82 Å². The molecule has 0 spiro atoms. The van der Waals surface area contributed by atoms with E-state index in [1.165, 1.54) is 30.9 Å². The second-order valence-electron chi connectivity index (χ2n) is 2.98. The molecule has 2 heterocycles. The third-order valence-corrected chi connectivity index (χ3v) is 2.14. The maximum Gasteiger partial charge on any atom is 0.131 e. The first-order chi connectivity index (χ1) is 5.38. The fraction of sp³-hybridized carbons (Fsp3) is 0.444. The lowest BCUT2D eigenvalue weighted by atomic mass is 10.2. The topological polar surface area (TPSA) is 16.1 Å². The third kappa shape index (κ3) is 1.09. The lowest BCUT2D eigenvalue weighted by molar-refractivity contribution is 0.608. The lowest BCUT2D eigenvalue weighted by Gasteiger charge is -2.32. The van der Waals surface area contributed by atoms with Crippen LogP contribution in [0.2, 0.25) is 0 Å². The Labute approximate surface area is 66.9 Å². The van der Waals surface area contributed by atoms with Gasteiger partial charge < -0.3 is 4.90 Å². The monoisotopic (exact) mass is 148 g/mol. The van der Waals surface area contributed by atoms with Crippen molar-refractivity contribution in [3.8, 4) is 0 Å². The second kappa shape index (κ2) is 2.53. The molecular weight excluding hydrogens is 136 g/mol. The maximum absolute atomic E-state index is 4.33. The van der Waals surface area contributed by atoms with Crippen molar-refractivity contribution in [2.24, 2.45) is 0 Å². The van der Waals surface area contributed by atoms with Crippen molar-refractivity contribution >= 4 is 5.82 Å². The second-order valence-corrected chi connectivity index (χ2v) is 2.98. The van der Waals surface area contributed by atoms with E-state index < -0.39 is 0 Å². The maximum atomic E-state index is 4.33. The van der Waals surface area contributed by atoms with E-state index in [1.54, 1.807) is 0 Å². The first kappa shape index (κ1) is 6.65. The minimum atomic E-state index is 1.17. The van der Waals surface area contributed by atoms with Crippen LogP contribution in [-0.2, 0) is 0 Å². The zero-order chi connectivity index (χ0) is 7.68. The molecule has 2 rings (SSSR count). The summed E-state index contributed by atoms with van der Waals surface area (Å²) in [6, 6.07) is 4.10. The number of aromatic nitrogens is 1. The van der Waals surface area contributed by atoms with Gasteiger partial charge in [-0.1, -0.05) is 6.07 Å². The van der Waals surface area contributed by atoms with Crippen LogP contribution in [0.3, 0.4) is 0 Å². The summed E-state index contributed by atoms with van der Waals surface area (Å²) in [5.41, 5.74) is 1.28. The summed E-state index contributed by atoms with van der Waals surface area (Å²) in [6.07, 6.45) is 3.18. The highest BCUT2D eigenvalue weighted by Gasteiger charge is 2.16. The largest absolute Gasteiger partial charge is 0.356 e. The fourth-order valence-corrected chi connectivity index (χ4v) is 1.34. The zero-order valence-electron chi connectivity index (χ0n) is 6.75. The van der Waals surface area contributed by atoms with Gasteiger partial charge in [-0.25, -0.2) is 4.98 Å². The van der Waals surface area contributed by atoms with Crippen molar-refractivity contribution in [3.63, 3.8) is 0 Å². The first-order valence-corrected chi connectivity index (χ1v) is 4.04. The fourth-order valence-electron chi connectivity index (χ4n) is 1.34. The Bertz CT molecular complexity index is 253. The molecule has 1 aliphatic heterocycles. The quantitative estimate of drug-likeness (QED) is 0.601. The highest BCUT2D eigenvalue weighted by Crippen LogP contribution is 2.20. The number of aryl methyl sites for hydroxylation is 1. The summed E-state index contributed by atoms with van der Waals surface area (Å²) in [7, 11) is 0. The van der Waals surface area contributed by atoms with E-state index in [0.717, 1.165) is 0 Å². The molecule has 0 saturated carbocycles. The number of hydrogen-bond acceptors (Lipinski definition) is 2. The Balaban J connectivity index is 2.28. The molecule has 1 saturated heterocycles. The Morgan fingerprint density at radius 1 is 1.45 bits per heavy atom. The highest BCUT2D eigenvalue weighted by atomic mass is 15.2. The molecule has 1 aromatic heterocycles. The van der Waals surface area contributed by atoms with Crippen LogP contribution in [0.5, 0.6) is 0 Å². The molecule has 0 aliphatic carbocycles.